The number of alkyl halides is 1. The van der Waals surface area contributed by atoms with Crippen LogP contribution < -0.4 is 5.32 Å². The molecule has 4 heteroatoms. The van der Waals surface area contributed by atoms with Crippen molar-refractivity contribution in [3.8, 4) is 0 Å². The van der Waals surface area contributed by atoms with Crippen LogP contribution in [0.4, 0.5) is 5.69 Å². The number of nitrogens with one attached hydrogen (secondary N) is 1. The number of hydrogen-bond acceptors (Lipinski definition) is 3. The lowest BCUT2D eigenvalue weighted by Gasteiger charge is -2.16. The molecule has 0 amide bonds. The molecule has 0 aliphatic heterocycles. The van der Waals surface area contributed by atoms with Gasteiger partial charge in [0, 0.05) is 11.3 Å². The number of anilines is 1. The topological polar surface area (TPSA) is 37.8 Å². The first-order valence-electron chi connectivity index (χ1n) is 5.38. The quantitative estimate of drug-likeness (QED) is 0.829. The van der Waals surface area contributed by atoms with Crippen LogP contribution in [0.15, 0.2) is 30.5 Å². The average Bonchev–Trinajstić information content (AvgIpc) is 3.10. The van der Waals surface area contributed by atoms with Gasteiger partial charge in [-0.25, -0.2) is 0 Å². The van der Waals surface area contributed by atoms with E-state index in [0.29, 0.717) is 5.88 Å². The second kappa shape index (κ2) is 3.59. The number of hydrogen-bond donors (Lipinski definition) is 1. The first kappa shape index (κ1) is 9.85. The predicted molar refractivity (Wildman–Crippen MR) is 65.8 cm³/mol. The van der Waals surface area contributed by atoms with Crippen molar-refractivity contribution in [2.24, 2.45) is 0 Å². The number of halogens is 1. The molecule has 16 heavy (non-hydrogen) atoms. The van der Waals surface area contributed by atoms with E-state index in [1.807, 2.05) is 18.2 Å². The van der Waals surface area contributed by atoms with Crippen LogP contribution >= 0.6 is 11.6 Å². The van der Waals surface area contributed by atoms with Gasteiger partial charge in [-0.1, -0.05) is 18.2 Å². The van der Waals surface area contributed by atoms with Crippen molar-refractivity contribution in [3.63, 3.8) is 0 Å². The molecule has 0 saturated heterocycles. The minimum absolute atomic E-state index is 0.0906. The molecule has 0 spiro atoms. The maximum atomic E-state index is 5.96. The standard InChI is InChI=1S/C12H12ClN3/c13-8-12(5-6-12)15-11-7-14-16-10-4-2-1-3-9(10)11/h1-4,7H,5-6,8H2,(H,15,16). The molecule has 0 bridgehead atoms. The first-order chi connectivity index (χ1) is 7.83. The van der Waals surface area contributed by atoms with Crippen molar-refractivity contribution < 1.29 is 0 Å². The van der Waals surface area contributed by atoms with E-state index < -0.39 is 0 Å². The highest BCUT2D eigenvalue weighted by atomic mass is 35.5. The highest BCUT2D eigenvalue weighted by Crippen LogP contribution is 2.40. The molecule has 0 atom stereocenters. The second-order valence-corrected chi connectivity index (χ2v) is 4.58. The molecule has 3 rings (SSSR count). The Balaban J connectivity index is 2.03. The van der Waals surface area contributed by atoms with Crippen molar-refractivity contribution in [2.45, 2.75) is 18.4 Å². The van der Waals surface area contributed by atoms with E-state index in [-0.39, 0.29) is 5.54 Å². The molecule has 1 aromatic heterocycles. The third-order valence-corrected chi connectivity index (χ3v) is 3.57. The fourth-order valence-corrected chi connectivity index (χ4v) is 2.17. The Morgan fingerprint density at radius 3 is 2.88 bits per heavy atom. The van der Waals surface area contributed by atoms with Crippen molar-refractivity contribution in [2.75, 3.05) is 11.2 Å². The summed E-state index contributed by atoms with van der Waals surface area (Å²) in [6, 6.07) is 8.00. The molecule has 0 radical (unpaired) electrons. The summed E-state index contributed by atoms with van der Waals surface area (Å²) < 4.78 is 0. The van der Waals surface area contributed by atoms with E-state index in [1.165, 1.54) is 0 Å². The van der Waals surface area contributed by atoms with Gasteiger partial charge < -0.3 is 5.32 Å². The summed E-state index contributed by atoms with van der Waals surface area (Å²) in [5.41, 5.74) is 2.04. The van der Waals surface area contributed by atoms with E-state index in [2.05, 4.69) is 21.6 Å². The van der Waals surface area contributed by atoms with Gasteiger partial charge in [0.25, 0.3) is 0 Å². The molecule has 1 saturated carbocycles. The zero-order valence-electron chi connectivity index (χ0n) is 8.78. The summed E-state index contributed by atoms with van der Waals surface area (Å²) in [5, 5.41) is 12.7. The lowest BCUT2D eigenvalue weighted by Crippen LogP contribution is -2.23. The smallest absolute Gasteiger partial charge is 0.0950 e. The van der Waals surface area contributed by atoms with Gasteiger partial charge in [0.15, 0.2) is 0 Å². The van der Waals surface area contributed by atoms with E-state index in [1.54, 1.807) is 6.20 Å². The lowest BCUT2D eigenvalue weighted by atomic mass is 10.2. The van der Waals surface area contributed by atoms with E-state index >= 15 is 0 Å². The number of fused-ring (bicyclic) bond motifs is 1. The van der Waals surface area contributed by atoms with Crippen molar-refractivity contribution >= 4 is 28.2 Å². The fraction of sp³-hybridized carbons (Fsp3) is 0.333. The molecule has 1 aliphatic carbocycles. The molecule has 1 fully saturated rings. The number of aromatic nitrogens is 2. The largest absolute Gasteiger partial charge is 0.377 e. The van der Waals surface area contributed by atoms with Crippen LogP contribution in [0.3, 0.4) is 0 Å². The minimum atomic E-state index is 0.0906. The van der Waals surface area contributed by atoms with Gasteiger partial charge in [-0.15, -0.1) is 11.6 Å². The van der Waals surface area contributed by atoms with Gasteiger partial charge in [0.05, 0.1) is 22.9 Å². The Bertz CT molecular complexity index is 517. The summed E-state index contributed by atoms with van der Waals surface area (Å²) in [5.74, 6) is 0.643. The summed E-state index contributed by atoms with van der Waals surface area (Å²) in [6.45, 7) is 0. The summed E-state index contributed by atoms with van der Waals surface area (Å²) in [4.78, 5) is 0. The molecular weight excluding hydrogens is 222 g/mol. The first-order valence-corrected chi connectivity index (χ1v) is 5.91. The van der Waals surface area contributed by atoms with Gasteiger partial charge in [-0.3, -0.25) is 0 Å². The number of benzene rings is 1. The third-order valence-electron chi connectivity index (χ3n) is 3.06. The Morgan fingerprint density at radius 2 is 2.12 bits per heavy atom. The zero-order valence-corrected chi connectivity index (χ0v) is 9.54. The normalized spacial score (nSPS) is 17.3. The van der Waals surface area contributed by atoms with Crippen LogP contribution in [0, 0.1) is 0 Å². The van der Waals surface area contributed by atoms with Crippen molar-refractivity contribution in [3.05, 3.63) is 30.5 Å². The number of nitrogens with zero attached hydrogens (tertiary/aromatic N) is 2. The van der Waals surface area contributed by atoms with Gasteiger partial charge in [-0.2, -0.15) is 10.2 Å². The average molecular weight is 234 g/mol. The van der Waals surface area contributed by atoms with Crippen LogP contribution in [0.25, 0.3) is 10.9 Å². The van der Waals surface area contributed by atoms with Gasteiger partial charge in [0.2, 0.25) is 0 Å². The molecule has 1 N–H and O–H groups in total. The highest BCUT2D eigenvalue weighted by Gasteiger charge is 2.42. The van der Waals surface area contributed by atoms with Crippen molar-refractivity contribution in [1.29, 1.82) is 0 Å². The van der Waals surface area contributed by atoms with E-state index in [9.17, 15) is 0 Å². The lowest BCUT2D eigenvalue weighted by molar-refractivity contribution is 0.837. The van der Waals surface area contributed by atoms with Crippen LogP contribution in [0.5, 0.6) is 0 Å². The second-order valence-electron chi connectivity index (χ2n) is 4.31. The Kier molecular flexibility index (Phi) is 2.21. The monoisotopic (exact) mass is 233 g/mol. The SMILES string of the molecule is ClCC1(Nc2cnnc3ccccc23)CC1. The van der Waals surface area contributed by atoms with Gasteiger partial charge in [0.1, 0.15) is 0 Å². The number of rotatable bonds is 3. The Hall–Kier alpha value is -1.35. The van der Waals surface area contributed by atoms with E-state index in [4.69, 9.17) is 11.6 Å². The maximum absolute atomic E-state index is 5.96. The molecule has 0 unspecified atom stereocenters. The Morgan fingerprint density at radius 1 is 1.31 bits per heavy atom. The molecular formula is C12H12ClN3. The van der Waals surface area contributed by atoms with Gasteiger partial charge >= 0.3 is 0 Å². The maximum Gasteiger partial charge on any atom is 0.0950 e. The predicted octanol–water partition coefficient (Wildman–Crippen LogP) is 2.81. The minimum Gasteiger partial charge on any atom is -0.377 e. The van der Waals surface area contributed by atoms with Gasteiger partial charge in [-0.05, 0) is 18.9 Å². The van der Waals surface area contributed by atoms with E-state index in [0.717, 1.165) is 29.4 Å². The highest BCUT2D eigenvalue weighted by molar-refractivity contribution is 6.19. The zero-order chi connectivity index (χ0) is 11.0. The molecule has 3 nitrogen and oxygen atoms in total. The molecule has 82 valence electrons. The Labute approximate surface area is 98.8 Å². The summed E-state index contributed by atoms with van der Waals surface area (Å²) in [6.07, 6.45) is 4.04. The summed E-state index contributed by atoms with van der Waals surface area (Å²) in [7, 11) is 0. The summed E-state index contributed by atoms with van der Waals surface area (Å²) >= 11 is 5.96. The molecule has 1 heterocycles. The van der Waals surface area contributed by atoms with Crippen LogP contribution in [0.2, 0.25) is 0 Å². The third kappa shape index (κ3) is 1.61. The van der Waals surface area contributed by atoms with Crippen molar-refractivity contribution in [1.82, 2.24) is 10.2 Å². The molecule has 1 aromatic carbocycles. The van der Waals surface area contributed by atoms with Crippen LogP contribution in [0.1, 0.15) is 12.8 Å². The van der Waals surface area contributed by atoms with Crippen LogP contribution in [-0.4, -0.2) is 21.6 Å². The van der Waals surface area contributed by atoms with Crippen LogP contribution in [-0.2, 0) is 0 Å². The molecule has 1 aliphatic rings. The molecule has 2 aromatic rings. The fourth-order valence-electron chi connectivity index (χ4n) is 1.84.